The first kappa shape index (κ1) is 10.6. The van der Waals surface area contributed by atoms with E-state index in [0.717, 1.165) is 13.1 Å². The molecule has 15 heavy (non-hydrogen) atoms. The highest BCUT2D eigenvalue weighted by Gasteiger charge is 2.32. The molecule has 1 aliphatic rings. The monoisotopic (exact) mass is 225 g/mol. The molecule has 3 nitrogen and oxygen atoms in total. The molecule has 0 radical (unpaired) electrons. The number of carbonyl (C=O) groups is 1. The average molecular weight is 225 g/mol. The van der Waals surface area contributed by atoms with Crippen LogP contribution < -0.4 is 0 Å². The summed E-state index contributed by atoms with van der Waals surface area (Å²) >= 11 is 1.71. The van der Waals surface area contributed by atoms with Crippen LogP contribution in [-0.2, 0) is 4.79 Å². The Morgan fingerprint density at radius 3 is 3.00 bits per heavy atom. The minimum absolute atomic E-state index is 0.312. The molecule has 0 aliphatic carbocycles. The van der Waals surface area contributed by atoms with Gasteiger partial charge in [-0.3, -0.25) is 9.69 Å². The molecule has 1 unspecified atom stereocenters. The molecular weight excluding hydrogens is 210 g/mol. The first-order chi connectivity index (χ1) is 7.16. The highest BCUT2D eigenvalue weighted by molar-refractivity contribution is 7.07. The molecular formula is C11H15NO2S. The largest absolute Gasteiger partial charge is 0.481 e. The van der Waals surface area contributed by atoms with Crippen LogP contribution in [0.4, 0.5) is 0 Å². The third-order valence-electron chi connectivity index (χ3n) is 3.02. The van der Waals surface area contributed by atoms with E-state index >= 15 is 0 Å². The number of rotatable bonds is 4. The van der Waals surface area contributed by atoms with E-state index in [1.54, 1.807) is 11.3 Å². The second-order valence-electron chi connectivity index (χ2n) is 4.15. The van der Waals surface area contributed by atoms with Crippen molar-refractivity contribution in [2.24, 2.45) is 5.92 Å². The van der Waals surface area contributed by atoms with E-state index < -0.39 is 5.97 Å². The van der Waals surface area contributed by atoms with Crippen molar-refractivity contribution in [2.45, 2.75) is 19.4 Å². The van der Waals surface area contributed by atoms with Gasteiger partial charge in [-0.25, -0.2) is 0 Å². The number of hydrogen-bond acceptors (Lipinski definition) is 3. The summed E-state index contributed by atoms with van der Waals surface area (Å²) in [6, 6.07) is 2.57. The number of aliphatic carboxylic acids is 1. The fourth-order valence-electron chi connectivity index (χ4n) is 2.03. The van der Waals surface area contributed by atoms with E-state index in [-0.39, 0.29) is 0 Å². The molecule has 1 aliphatic heterocycles. The van der Waals surface area contributed by atoms with Gasteiger partial charge in [0.2, 0.25) is 0 Å². The molecule has 1 aromatic heterocycles. The first-order valence-corrected chi connectivity index (χ1v) is 6.09. The van der Waals surface area contributed by atoms with Crippen LogP contribution in [0.15, 0.2) is 16.8 Å². The lowest BCUT2D eigenvalue weighted by molar-refractivity contribution is -0.139. The molecule has 2 heterocycles. The maximum atomic E-state index is 10.5. The highest BCUT2D eigenvalue weighted by atomic mass is 32.1. The van der Waals surface area contributed by atoms with Crippen molar-refractivity contribution in [1.82, 2.24) is 4.90 Å². The zero-order valence-electron chi connectivity index (χ0n) is 8.72. The standard InChI is InChI=1S/C11H15NO2S/c1-8(10-2-3-15-7-10)12-5-9(6-12)4-11(13)14/h2-3,7-9H,4-6H2,1H3,(H,13,14). The van der Waals surface area contributed by atoms with Crippen LogP contribution in [0, 0.1) is 5.92 Å². The minimum atomic E-state index is -0.678. The van der Waals surface area contributed by atoms with E-state index in [1.807, 2.05) is 0 Å². The lowest BCUT2D eigenvalue weighted by Gasteiger charge is -2.42. The Morgan fingerprint density at radius 2 is 2.47 bits per heavy atom. The number of hydrogen-bond donors (Lipinski definition) is 1. The van der Waals surface area contributed by atoms with Crippen LogP contribution in [0.1, 0.15) is 24.9 Å². The summed E-state index contributed by atoms with van der Waals surface area (Å²) in [6.07, 6.45) is 0.312. The summed E-state index contributed by atoms with van der Waals surface area (Å²) in [7, 11) is 0. The summed E-state index contributed by atoms with van der Waals surface area (Å²) in [5.74, 6) is -0.327. The molecule has 0 aromatic carbocycles. The topological polar surface area (TPSA) is 40.5 Å². The van der Waals surface area contributed by atoms with E-state index in [1.165, 1.54) is 5.56 Å². The van der Waals surface area contributed by atoms with Crippen molar-refractivity contribution in [3.63, 3.8) is 0 Å². The van der Waals surface area contributed by atoms with Gasteiger partial charge < -0.3 is 5.11 Å². The highest BCUT2D eigenvalue weighted by Crippen LogP contribution is 2.30. The van der Waals surface area contributed by atoms with Gasteiger partial charge in [-0.2, -0.15) is 11.3 Å². The molecule has 0 saturated carbocycles. The fraction of sp³-hybridized carbons (Fsp3) is 0.545. The van der Waals surface area contributed by atoms with Gasteiger partial charge in [0.15, 0.2) is 0 Å². The predicted octanol–water partition coefficient (Wildman–Crippen LogP) is 2.22. The summed E-state index contributed by atoms with van der Waals surface area (Å²) in [4.78, 5) is 12.8. The van der Waals surface area contributed by atoms with Crippen LogP contribution in [0.5, 0.6) is 0 Å². The second-order valence-corrected chi connectivity index (χ2v) is 4.93. The number of nitrogens with zero attached hydrogens (tertiary/aromatic N) is 1. The summed E-state index contributed by atoms with van der Waals surface area (Å²) in [5.41, 5.74) is 1.34. The molecule has 0 spiro atoms. The number of carboxylic acids is 1. The smallest absolute Gasteiger partial charge is 0.303 e. The molecule has 1 saturated heterocycles. The van der Waals surface area contributed by atoms with Gasteiger partial charge in [-0.1, -0.05) is 0 Å². The summed E-state index contributed by atoms with van der Waals surface area (Å²) < 4.78 is 0. The van der Waals surface area contributed by atoms with Gasteiger partial charge >= 0.3 is 5.97 Å². The van der Waals surface area contributed by atoms with E-state index in [0.29, 0.717) is 18.4 Å². The number of thiophene rings is 1. The molecule has 2 rings (SSSR count). The van der Waals surface area contributed by atoms with Crippen molar-refractivity contribution in [3.05, 3.63) is 22.4 Å². The Bertz CT molecular complexity index is 330. The third-order valence-corrected chi connectivity index (χ3v) is 3.72. The van der Waals surface area contributed by atoms with Crippen LogP contribution in [-0.4, -0.2) is 29.1 Å². The second kappa shape index (κ2) is 4.33. The van der Waals surface area contributed by atoms with Crippen LogP contribution in [0.25, 0.3) is 0 Å². The fourth-order valence-corrected chi connectivity index (χ4v) is 2.77. The first-order valence-electron chi connectivity index (χ1n) is 5.14. The van der Waals surface area contributed by atoms with Gasteiger partial charge in [0.05, 0.1) is 6.42 Å². The van der Waals surface area contributed by atoms with E-state index in [9.17, 15) is 4.79 Å². The van der Waals surface area contributed by atoms with Crippen molar-refractivity contribution in [3.8, 4) is 0 Å². The molecule has 1 N–H and O–H groups in total. The molecule has 82 valence electrons. The van der Waals surface area contributed by atoms with Crippen molar-refractivity contribution in [1.29, 1.82) is 0 Å². The van der Waals surface area contributed by atoms with Crippen molar-refractivity contribution < 1.29 is 9.90 Å². The third kappa shape index (κ3) is 2.38. The minimum Gasteiger partial charge on any atom is -0.481 e. The Kier molecular flexibility index (Phi) is 3.07. The van der Waals surface area contributed by atoms with Crippen LogP contribution in [0.3, 0.4) is 0 Å². The molecule has 1 aromatic rings. The van der Waals surface area contributed by atoms with Gasteiger partial charge in [-0.05, 0) is 35.2 Å². The van der Waals surface area contributed by atoms with Crippen LogP contribution >= 0.6 is 11.3 Å². The Hall–Kier alpha value is -0.870. The normalized spacial score (nSPS) is 19.8. The predicted molar refractivity (Wildman–Crippen MR) is 60.0 cm³/mol. The number of carboxylic acid groups (broad SMARTS) is 1. The maximum Gasteiger partial charge on any atom is 0.303 e. The van der Waals surface area contributed by atoms with E-state index in [4.69, 9.17) is 5.11 Å². The maximum absolute atomic E-state index is 10.5. The van der Waals surface area contributed by atoms with E-state index in [2.05, 4.69) is 28.7 Å². The van der Waals surface area contributed by atoms with Gasteiger partial charge in [-0.15, -0.1) is 0 Å². The zero-order valence-corrected chi connectivity index (χ0v) is 9.54. The Balaban J connectivity index is 1.82. The average Bonchev–Trinajstić information content (AvgIpc) is 2.61. The molecule has 1 atom stereocenters. The van der Waals surface area contributed by atoms with Crippen molar-refractivity contribution in [2.75, 3.05) is 13.1 Å². The molecule has 1 fully saturated rings. The molecule has 0 bridgehead atoms. The van der Waals surface area contributed by atoms with Gasteiger partial charge in [0, 0.05) is 19.1 Å². The van der Waals surface area contributed by atoms with Crippen molar-refractivity contribution >= 4 is 17.3 Å². The SMILES string of the molecule is CC(c1ccsc1)N1CC(CC(=O)O)C1. The van der Waals surface area contributed by atoms with Crippen LogP contribution in [0.2, 0.25) is 0 Å². The Morgan fingerprint density at radius 1 is 1.73 bits per heavy atom. The lowest BCUT2D eigenvalue weighted by Crippen LogP contribution is -2.48. The molecule has 0 amide bonds. The Labute approximate surface area is 93.3 Å². The van der Waals surface area contributed by atoms with Gasteiger partial charge in [0.25, 0.3) is 0 Å². The summed E-state index contributed by atoms with van der Waals surface area (Å²) in [5, 5.41) is 12.9. The lowest BCUT2D eigenvalue weighted by atomic mass is 9.93. The molecule has 4 heteroatoms. The summed E-state index contributed by atoms with van der Waals surface area (Å²) in [6.45, 7) is 4.02. The number of likely N-dealkylation sites (tertiary alicyclic amines) is 1. The quantitative estimate of drug-likeness (QED) is 0.854. The van der Waals surface area contributed by atoms with Gasteiger partial charge in [0.1, 0.15) is 0 Å². The zero-order chi connectivity index (χ0) is 10.8.